The molecule has 0 aliphatic carbocycles. The molecule has 0 aliphatic heterocycles. The molecule has 0 bridgehead atoms. The van der Waals surface area contributed by atoms with Crippen LogP contribution in [0.5, 0.6) is 11.5 Å². The van der Waals surface area contributed by atoms with Gasteiger partial charge in [0.1, 0.15) is 11.5 Å². The van der Waals surface area contributed by atoms with Crippen LogP contribution in [0.15, 0.2) is 58.3 Å². The Morgan fingerprint density at radius 3 is 1.28 bits per heavy atom. The first-order valence-electron chi connectivity index (χ1n) is 7.11. The highest BCUT2D eigenvalue weighted by Crippen LogP contribution is 2.17. The fourth-order valence-electron chi connectivity index (χ4n) is 1.83. The number of sulfonamides is 2. The second kappa shape index (κ2) is 7.87. The summed E-state index contributed by atoms with van der Waals surface area (Å²) in [7, 11) is -4.42. The number of nitrogens with one attached hydrogen (secondary N) is 2. The molecule has 0 fully saturated rings. The molecule has 2 aromatic rings. The predicted octanol–water partition coefficient (Wildman–Crippen LogP) is 0.227. The van der Waals surface area contributed by atoms with Crippen LogP contribution >= 0.6 is 0 Å². The van der Waals surface area contributed by atoms with Gasteiger partial charge in [-0.25, -0.2) is 26.3 Å². The smallest absolute Gasteiger partial charge is 0.529 e. The average Bonchev–Trinajstić information content (AvgIpc) is 2.62. The van der Waals surface area contributed by atoms with E-state index in [0.717, 1.165) is 0 Å². The molecule has 2 aromatic carbocycles. The predicted molar refractivity (Wildman–Crippen MR) is 93.8 cm³/mol. The maximum atomic E-state index is 11.6. The van der Waals surface area contributed by atoms with Crippen LogP contribution in [0.4, 0.5) is 0 Å². The van der Waals surface area contributed by atoms with Crippen LogP contribution in [-0.2, 0) is 20.0 Å². The SMILES string of the molecule is CNS(=O)(=O)c1ccc(OBOc2ccc(S(=O)(=O)NC)cc2)cc1. The maximum Gasteiger partial charge on any atom is 0.576 e. The van der Waals surface area contributed by atoms with Crippen molar-refractivity contribution in [3.63, 3.8) is 0 Å². The van der Waals surface area contributed by atoms with Gasteiger partial charge in [-0.15, -0.1) is 0 Å². The highest BCUT2D eigenvalue weighted by molar-refractivity contribution is 7.89. The van der Waals surface area contributed by atoms with E-state index in [2.05, 4.69) is 9.44 Å². The van der Waals surface area contributed by atoms with E-state index in [1.54, 1.807) is 0 Å². The van der Waals surface area contributed by atoms with Crippen LogP contribution in [0.2, 0.25) is 0 Å². The topological polar surface area (TPSA) is 111 Å². The second-order valence-corrected chi connectivity index (χ2v) is 8.54. The highest BCUT2D eigenvalue weighted by atomic mass is 32.2. The molecule has 0 heterocycles. The van der Waals surface area contributed by atoms with Gasteiger partial charge in [0.15, 0.2) is 0 Å². The molecule has 0 aliphatic rings. The van der Waals surface area contributed by atoms with E-state index in [0.29, 0.717) is 11.5 Å². The molecule has 0 aromatic heterocycles. The molecular weight excluding hydrogens is 367 g/mol. The first-order chi connectivity index (χ1) is 11.8. The second-order valence-electron chi connectivity index (χ2n) is 4.76. The van der Waals surface area contributed by atoms with Crippen LogP contribution in [0, 0.1) is 0 Å². The van der Waals surface area contributed by atoms with Gasteiger partial charge in [-0.2, -0.15) is 0 Å². The van der Waals surface area contributed by atoms with Gasteiger partial charge in [0, 0.05) is 0 Å². The van der Waals surface area contributed by atoms with E-state index in [1.165, 1.54) is 62.6 Å². The Bertz CT molecular complexity index is 835. The summed E-state index contributed by atoms with van der Waals surface area (Å²) in [5.74, 6) is 0.869. The molecule has 11 heteroatoms. The summed E-state index contributed by atoms with van der Waals surface area (Å²) >= 11 is 0. The summed E-state index contributed by atoms with van der Waals surface area (Å²) in [6, 6.07) is 11.7. The third-order valence-corrected chi connectivity index (χ3v) is 6.12. The van der Waals surface area contributed by atoms with Crippen molar-refractivity contribution < 1.29 is 26.1 Å². The molecule has 0 unspecified atom stereocenters. The van der Waals surface area contributed by atoms with Crippen LogP contribution in [0.1, 0.15) is 0 Å². The van der Waals surface area contributed by atoms with Crippen molar-refractivity contribution in [3.05, 3.63) is 48.5 Å². The molecular formula is C14H17BN2O6S2. The Labute approximate surface area is 147 Å². The van der Waals surface area contributed by atoms with Gasteiger partial charge in [0.2, 0.25) is 20.0 Å². The lowest BCUT2D eigenvalue weighted by Gasteiger charge is -2.09. The average molecular weight is 384 g/mol. The zero-order chi connectivity index (χ0) is 18.5. The lowest BCUT2D eigenvalue weighted by Crippen LogP contribution is -2.18. The van der Waals surface area contributed by atoms with Gasteiger partial charge >= 0.3 is 7.69 Å². The van der Waals surface area contributed by atoms with E-state index < -0.39 is 20.0 Å². The van der Waals surface area contributed by atoms with Crippen LogP contribution in [0.25, 0.3) is 0 Å². The molecule has 0 saturated heterocycles. The number of rotatable bonds is 8. The molecule has 0 atom stereocenters. The Hall–Kier alpha value is -2.08. The Balaban J connectivity index is 1.93. The number of hydrogen-bond acceptors (Lipinski definition) is 6. The van der Waals surface area contributed by atoms with Crippen LogP contribution in [0.3, 0.4) is 0 Å². The number of hydrogen-bond donors (Lipinski definition) is 2. The van der Waals surface area contributed by atoms with Crippen molar-refractivity contribution in [1.29, 1.82) is 0 Å². The third kappa shape index (κ3) is 4.95. The standard InChI is InChI=1S/C14H17BN2O6S2/c1-16-24(18,19)13-7-3-11(4-8-13)22-15-23-12-5-9-14(10-6-12)25(20,21)17-2/h3-10,15-17H,1-2H3. The quantitative estimate of drug-likeness (QED) is 0.631. The first-order valence-corrected chi connectivity index (χ1v) is 10.1. The van der Waals surface area contributed by atoms with Crippen LogP contribution in [-0.4, -0.2) is 38.6 Å². The fourth-order valence-corrected chi connectivity index (χ4v) is 3.29. The van der Waals surface area contributed by atoms with Gasteiger partial charge in [-0.1, -0.05) is 0 Å². The monoisotopic (exact) mass is 384 g/mol. The van der Waals surface area contributed by atoms with E-state index in [9.17, 15) is 16.8 Å². The summed E-state index contributed by atoms with van der Waals surface area (Å²) < 4.78 is 61.6. The summed E-state index contributed by atoms with van der Waals surface area (Å²) in [6.07, 6.45) is 0. The van der Waals surface area contributed by atoms with E-state index in [-0.39, 0.29) is 17.5 Å². The molecule has 0 spiro atoms. The van der Waals surface area contributed by atoms with Gasteiger partial charge in [0.05, 0.1) is 9.79 Å². The van der Waals surface area contributed by atoms with Gasteiger partial charge in [-0.3, -0.25) is 0 Å². The normalized spacial score (nSPS) is 11.8. The lowest BCUT2D eigenvalue weighted by molar-refractivity contribution is 0.458. The molecule has 0 saturated carbocycles. The Morgan fingerprint density at radius 2 is 1.00 bits per heavy atom. The van der Waals surface area contributed by atoms with Crippen molar-refractivity contribution in [1.82, 2.24) is 9.44 Å². The lowest BCUT2D eigenvalue weighted by atomic mass is 10.3. The van der Waals surface area contributed by atoms with Crippen molar-refractivity contribution in [3.8, 4) is 11.5 Å². The van der Waals surface area contributed by atoms with E-state index in [4.69, 9.17) is 9.31 Å². The van der Waals surface area contributed by atoms with Crippen LogP contribution < -0.4 is 18.8 Å². The summed E-state index contributed by atoms with van der Waals surface area (Å²) in [4.78, 5) is 0.259. The maximum absolute atomic E-state index is 11.6. The molecule has 8 nitrogen and oxygen atoms in total. The largest absolute Gasteiger partial charge is 0.576 e. The molecule has 2 rings (SSSR count). The first kappa shape index (κ1) is 19.3. The minimum atomic E-state index is -3.49. The molecule has 2 N–H and O–H groups in total. The van der Waals surface area contributed by atoms with Gasteiger partial charge in [-0.05, 0) is 62.6 Å². The van der Waals surface area contributed by atoms with E-state index in [1.807, 2.05) is 0 Å². The molecule has 134 valence electrons. The third-order valence-electron chi connectivity index (χ3n) is 3.26. The van der Waals surface area contributed by atoms with E-state index >= 15 is 0 Å². The number of benzene rings is 2. The van der Waals surface area contributed by atoms with Gasteiger partial charge < -0.3 is 9.31 Å². The Kier molecular flexibility index (Phi) is 6.06. The van der Waals surface area contributed by atoms with Crippen molar-refractivity contribution in [2.75, 3.05) is 14.1 Å². The minimum Gasteiger partial charge on any atom is -0.529 e. The molecule has 25 heavy (non-hydrogen) atoms. The Morgan fingerprint density at radius 1 is 0.680 bits per heavy atom. The zero-order valence-electron chi connectivity index (χ0n) is 13.6. The minimum absolute atomic E-state index is 0.115. The van der Waals surface area contributed by atoms with Crippen molar-refractivity contribution >= 4 is 27.7 Å². The summed E-state index contributed by atoms with van der Waals surface area (Å²) in [5, 5.41) is 0. The van der Waals surface area contributed by atoms with Crippen molar-refractivity contribution in [2.24, 2.45) is 0 Å². The summed E-state index contributed by atoms with van der Waals surface area (Å²) in [5.41, 5.74) is 0. The molecule has 0 amide bonds. The zero-order valence-corrected chi connectivity index (χ0v) is 15.2. The fraction of sp³-hybridized carbons (Fsp3) is 0.143. The summed E-state index contributed by atoms with van der Waals surface area (Å²) in [6.45, 7) is 0. The molecule has 0 radical (unpaired) electrons. The van der Waals surface area contributed by atoms with Gasteiger partial charge in [0.25, 0.3) is 0 Å². The highest BCUT2D eigenvalue weighted by Gasteiger charge is 2.12. The van der Waals surface area contributed by atoms with Crippen molar-refractivity contribution in [2.45, 2.75) is 9.79 Å².